The summed E-state index contributed by atoms with van der Waals surface area (Å²) in [7, 11) is 0. The number of nitrogens with one attached hydrogen (secondary N) is 3. The third-order valence-corrected chi connectivity index (χ3v) is 13.6. The van der Waals surface area contributed by atoms with Gasteiger partial charge in [-0.2, -0.15) is 0 Å². The molecule has 6 fully saturated rings. The number of carbonyl (C=O) groups excluding carboxylic acids is 3. The van der Waals surface area contributed by atoms with Crippen molar-refractivity contribution in [1.29, 1.82) is 0 Å². The van der Waals surface area contributed by atoms with Crippen molar-refractivity contribution in [2.45, 2.75) is 205 Å². The van der Waals surface area contributed by atoms with Gasteiger partial charge in [0, 0.05) is 20.8 Å². The summed E-state index contributed by atoms with van der Waals surface area (Å²) in [6, 6.07) is -4.95. The molecule has 6 heterocycles. The molecule has 0 spiro atoms. The first kappa shape index (κ1) is 62.5. The van der Waals surface area contributed by atoms with Gasteiger partial charge in [-0.3, -0.25) is 14.4 Å². The average Bonchev–Trinajstić information content (AvgIpc) is 3.38. The lowest BCUT2D eigenvalue weighted by atomic mass is 9.94. The molecule has 6 saturated heterocycles. The lowest BCUT2D eigenvalue weighted by Gasteiger charge is -2.49. The van der Waals surface area contributed by atoms with Crippen molar-refractivity contribution in [3.8, 4) is 0 Å². The minimum atomic E-state index is -2.19. The third-order valence-electron chi connectivity index (χ3n) is 13.6. The van der Waals surface area contributed by atoms with Crippen LogP contribution in [0.4, 0.5) is 0 Å². The molecule has 34 heteroatoms. The monoisotopic (exact) mass is 1110 g/mol. The highest BCUT2D eigenvalue weighted by atomic mass is 16.8. The summed E-state index contributed by atoms with van der Waals surface area (Å²) in [5.41, 5.74) is 0. The molecule has 440 valence electrons. The van der Waals surface area contributed by atoms with E-state index in [1.807, 2.05) is 0 Å². The van der Waals surface area contributed by atoms with Crippen LogP contribution in [0.15, 0.2) is 0 Å². The van der Waals surface area contributed by atoms with Gasteiger partial charge < -0.3 is 155 Å². The SMILES string of the molecule is CC(=O)N[C@H]1[C@H](O[C@H]2[C@@H](O)[C@@H](CO[C@@H]3O[C@H](CO)[C@@H](O[C@@H]4O[C@H](CO)[C@H](O)[C@H](O[C@@H]5O[C@H](CO)[C@@H](O)[C@H](O)[C@H]5NC(C)=O)[C@H]4O)[C@H](O)[C@H]3NC(C)=O)OC(O)[C@@H]2O)O[C@H](CO)[C@@H](O[C@@H]2O[C@H](CO)[C@H](O)[C@H](O)[C@H]2O)[C@@H]1O. The minimum Gasteiger partial charge on any atom is -0.394 e. The second-order valence-corrected chi connectivity index (χ2v) is 19.0. The van der Waals surface area contributed by atoms with Crippen LogP contribution in [0.25, 0.3) is 0 Å². The zero-order valence-electron chi connectivity index (χ0n) is 40.9. The maximum Gasteiger partial charge on any atom is 0.217 e. The number of aliphatic hydroxyl groups is 17. The first-order chi connectivity index (χ1) is 35.9. The van der Waals surface area contributed by atoms with Crippen molar-refractivity contribution in [2.75, 3.05) is 39.6 Å². The molecule has 0 bridgehead atoms. The fourth-order valence-corrected chi connectivity index (χ4v) is 9.62. The van der Waals surface area contributed by atoms with Gasteiger partial charge in [-0.1, -0.05) is 0 Å². The predicted octanol–water partition coefficient (Wildman–Crippen LogP) is -13.7. The highest BCUT2D eigenvalue weighted by molar-refractivity contribution is 5.74. The second-order valence-electron chi connectivity index (χ2n) is 19.0. The van der Waals surface area contributed by atoms with Gasteiger partial charge in [0.15, 0.2) is 37.7 Å². The molecule has 0 aliphatic carbocycles. The number of aliphatic hydroxyl groups excluding tert-OH is 17. The topological polar surface area (TPSA) is 533 Å². The van der Waals surface area contributed by atoms with E-state index in [0.29, 0.717) is 0 Å². The van der Waals surface area contributed by atoms with Crippen molar-refractivity contribution in [3.05, 3.63) is 0 Å². The van der Waals surface area contributed by atoms with E-state index in [-0.39, 0.29) is 0 Å². The standard InChI is InChI=1S/C42H71N3O31/c1-10(51)43-19-26(58)22(54)13(4-46)68-39(19)76-36-24(56)15(6-48)70-42(32(36)64)74-33-16(7-49)71-38(20(27(33)59)44-11(2)52)66-9-18-25(57)35(31(63)37(65)67-18)75-40-21(45-12(3)53)28(60)34(17(8-50)72-40)73-41-30(62)29(61)23(55)14(5-47)69-41/h13-42,46-50,54-65H,4-9H2,1-3H3,(H,43,51)(H,44,52)(H,45,53)/t13-,14-,15-,16-,17-,18-,19-,20-,21-,22-,23+,24+,25+,26-,27-,28-,29+,30-,31-,32-,33-,34-,35+,36+,37?,38-,39+,40+,41+,42+/m1/s1. The van der Waals surface area contributed by atoms with Crippen molar-refractivity contribution in [3.63, 3.8) is 0 Å². The van der Waals surface area contributed by atoms with Crippen LogP contribution in [0.5, 0.6) is 0 Å². The molecular formula is C42H71N3O31. The normalized spacial score (nSPS) is 48.2. The zero-order chi connectivity index (χ0) is 56.2. The highest BCUT2D eigenvalue weighted by Crippen LogP contribution is 2.36. The smallest absolute Gasteiger partial charge is 0.217 e. The van der Waals surface area contributed by atoms with Crippen LogP contribution >= 0.6 is 0 Å². The molecule has 76 heavy (non-hydrogen) atoms. The molecule has 6 rings (SSSR count). The Hall–Kier alpha value is -2.71. The molecule has 0 saturated carbocycles. The fourth-order valence-electron chi connectivity index (χ4n) is 9.62. The maximum absolute atomic E-state index is 12.5. The molecule has 34 nitrogen and oxygen atoms in total. The third kappa shape index (κ3) is 13.7. The second kappa shape index (κ2) is 27.2. The summed E-state index contributed by atoms with van der Waals surface area (Å²) in [5.74, 6) is -2.36. The molecule has 1 unspecified atom stereocenters. The molecule has 6 aliphatic heterocycles. The van der Waals surface area contributed by atoms with E-state index in [0.717, 1.165) is 20.8 Å². The predicted molar refractivity (Wildman–Crippen MR) is 234 cm³/mol. The summed E-state index contributed by atoms with van der Waals surface area (Å²) in [5, 5.41) is 189. The van der Waals surface area contributed by atoms with E-state index in [1.165, 1.54) is 0 Å². The fraction of sp³-hybridized carbons (Fsp3) is 0.929. The number of amides is 3. The first-order valence-electron chi connectivity index (χ1n) is 24.1. The Morgan fingerprint density at radius 3 is 1.14 bits per heavy atom. The number of hydrogen-bond donors (Lipinski definition) is 20. The van der Waals surface area contributed by atoms with E-state index in [9.17, 15) is 101 Å². The lowest BCUT2D eigenvalue weighted by Crippen LogP contribution is -2.70. The maximum atomic E-state index is 12.5. The Bertz CT molecular complexity index is 1870. The van der Waals surface area contributed by atoms with Gasteiger partial charge in [-0.25, -0.2) is 0 Å². The summed E-state index contributed by atoms with van der Waals surface area (Å²) in [4.78, 5) is 37.0. The van der Waals surface area contributed by atoms with Crippen LogP contribution in [0.3, 0.4) is 0 Å². The Morgan fingerprint density at radius 1 is 0.342 bits per heavy atom. The Morgan fingerprint density at radius 2 is 0.684 bits per heavy atom. The van der Waals surface area contributed by atoms with Crippen LogP contribution < -0.4 is 16.0 Å². The summed E-state index contributed by atoms with van der Waals surface area (Å²) in [6.07, 6.45) is -50.0. The van der Waals surface area contributed by atoms with Crippen LogP contribution in [0.1, 0.15) is 20.8 Å². The van der Waals surface area contributed by atoms with E-state index in [1.54, 1.807) is 0 Å². The first-order valence-corrected chi connectivity index (χ1v) is 24.1. The van der Waals surface area contributed by atoms with Gasteiger partial charge >= 0.3 is 0 Å². The quantitative estimate of drug-likeness (QED) is 0.0571. The van der Waals surface area contributed by atoms with Gasteiger partial charge in [0.2, 0.25) is 17.7 Å². The van der Waals surface area contributed by atoms with Crippen molar-refractivity contribution in [2.24, 2.45) is 0 Å². The molecule has 3 amide bonds. The van der Waals surface area contributed by atoms with E-state index >= 15 is 0 Å². The molecule has 0 aromatic heterocycles. The van der Waals surface area contributed by atoms with Gasteiger partial charge in [0.25, 0.3) is 0 Å². The average molecular weight is 1110 g/mol. The van der Waals surface area contributed by atoms with Gasteiger partial charge in [0.1, 0.15) is 146 Å². The summed E-state index contributed by atoms with van der Waals surface area (Å²) >= 11 is 0. The number of carbonyl (C=O) groups is 3. The Labute approximate surface area is 431 Å². The molecule has 20 N–H and O–H groups in total. The zero-order valence-corrected chi connectivity index (χ0v) is 40.9. The van der Waals surface area contributed by atoms with E-state index in [2.05, 4.69) is 16.0 Å². The molecular weight excluding hydrogens is 1040 g/mol. The Balaban J connectivity index is 1.16. The Kier molecular flexibility index (Phi) is 22.3. The lowest BCUT2D eigenvalue weighted by molar-refractivity contribution is -0.373. The number of rotatable bonds is 19. The van der Waals surface area contributed by atoms with Gasteiger partial charge in [-0.15, -0.1) is 0 Å². The van der Waals surface area contributed by atoms with Crippen LogP contribution in [0, 0.1) is 0 Å². The number of hydrogen-bond acceptors (Lipinski definition) is 31. The van der Waals surface area contributed by atoms with Gasteiger partial charge in [-0.05, 0) is 0 Å². The largest absolute Gasteiger partial charge is 0.394 e. The van der Waals surface area contributed by atoms with Crippen molar-refractivity contribution < 1.29 is 153 Å². The minimum absolute atomic E-state index is 0.738. The molecule has 0 aromatic carbocycles. The molecule has 6 aliphatic rings. The summed E-state index contributed by atoms with van der Waals surface area (Å²) < 4.78 is 62.7. The van der Waals surface area contributed by atoms with E-state index in [4.69, 9.17) is 52.1 Å². The van der Waals surface area contributed by atoms with Crippen LogP contribution in [-0.2, 0) is 66.5 Å². The molecule has 0 radical (unpaired) electrons. The summed E-state index contributed by atoms with van der Waals surface area (Å²) in [6.45, 7) is -2.41. The van der Waals surface area contributed by atoms with Crippen molar-refractivity contribution in [1.82, 2.24) is 16.0 Å². The van der Waals surface area contributed by atoms with Crippen LogP contribution in [0.2, 0.25) is 0 Å². The molecule has 0 aromatic rings. The van der Waals surface area contributed by atoms with Gasteiger partial charge in [0.05, 0.1) is 39.6 Å². The van der Waals surface area contributed by atoms with E-state index < -0.39 is 241 Å². The number of ether oxygens (including phenoxy) is 11. The van der Waals surface area contributed by atoms with Crippen LogP contribution in [-0.4, -0.2) is 328 Å². The molecule has 30 atom stereocenters. The van der Waals surface area contributed by atoms with Crippen molar-refractivity contribution >= 4 is 17.7 Å². The highest BCUT2D eigenvalue weighted by Gasteiger charge is 2.57.